The molecule has 96 valence electrons. The molecule has 0 bridgehead atoms. The molecule has 3 N–H and O–H groups in total. The molecule has 0 radical (unpaired) electrons. The number of fused-ring (bicyclic) bond motifs is 1. The van der Waals surface area contributed by atoms with E-state index in [1.807, 2.05) is 24.3 Å². The van der Waals surface area contributed by atoms with Gasteiger partial charge in [-0.2, -0.15) is 0 Å². The van der Waals surface area contributed by atoms with Crippen molar-refractivity contribution in [1.29, 1.82) is 0 Å². The largest absolute Gasteiger partial charge is 0.396 e. The first-order valence-electron chi connectivity index (χ1n) is 5.52. The number of sulfone groups is 1. The van der Waals surface area contributed by atoms with E-state index in [1.165, 1.54) is 6.26 Å². The van der Waals surface area contributed by atoms with E-state index in [0.717, 1.165) is 16.6 Å². The van der Waals surface area contributed by atoms with Crippen LogP contribution in [0, 0.1) is 0 Å². The molecule has 0 aliphatic rings. The van der Waals surface area contributed by atoms with Gasteiger partial charge < -0.3 is 11.1 Å². The molecule has 0 atom stereocenters. The third kappa shape index (κ3) is 2.89. The lowest BCUT2D eigenvalue weighted by Gasteiger charge is -2.11. The van der Waals surface area contributed by atoms with Crippen molar-refractivity contribution in [3.8, 4) is 0 Å². The van der Waals surface area contributed by atoms with Gasteiger partial charge in [-0.25, -0.2) is 8.42 Å². The Morgan fingerprint density at radius 1 is 1.33 bits per heavy atom. The van der Waals surface area contributed by atoms with Crippen molar-refractivity contribution in [2.45, 2.75) is 0 Å². The molecule has 2 aromatic rings. The van der Waals surface area contributed by atoms with Gasteiger partial charge in [0.1, 0.15) is 9.84 Å². The summed E-state index contributed by atoms with van der Waals surface area (Å²) in [5.74, 6) is 0.0725. The molecule has 0 aliphatic heterocycles. The van der Waals surface area contributed by atoms with Gasteiger partial charge in [0, 0.05) is 18.2 Å². The molecular weight excluding hydrogens is 250 g/mol. The Bertz CT molecular complexity index is 668. The van der Waals surface area contributed by atoms with Crippen molar-refractivity contribution in [2.24, 2.45) is 0 Å². The van der Waals surface area contributed by atoms with Crippen molar-refractivity contribution in [2.75, 3.05) is 29.6 Å². The van der Waals surface area contributed by atoms with Gasteiger partial charge in [0.2, 0.25) is 0 Å². The SMILES string of the molecule is CS(=O)(=O)CCNc1c(N)cnc2ccccc12. The maximum atomic E-state index is 11.1. The summed E-state index contributed by atoms with van der Waals surface area (Å²) in [7, 11) is -2.98. The van der Waals surface area contributed by atoms with Crippen molar-refractivity contribution >= 4 is 32.1 Å². The monoisotopic (exact) mass is 265 g/mol. The fraction of sp³-hybridized carbons (Fsp3) is 0.250. The van der Waals surface area contributed by atoms with E-state index in [9.17, 15) is 8.42 Å². The van der Waals surface area contributed by atoms with E-state index < -0.39 is 9.84 Å². The number of nitrogens with zero attached hydrogens (tertiary/aromatic N) is 1. The topological polar surface area (TPSA) is 85.1 Å². The first kappa shape index (κ1) is 12.6. The molecule has 5 nitrogen and oxygen atoms in total. The molecule has 0 amide bonds. The summed E-state index contributed by atoms with van der Waals surface area (Å²) in [4.78, 5) is 4.21. The average Bonchev–Trinajstić information content (AvgIpc) is 2.31. The van der Waals surface area contributed by atoms with Crippen LogP contribution < -0.4 is 11.1 Å². The molecular formula is C12H15N3O2S. The number of hydrogen-bond acceptors (Lipinski definition) is 5. The number of nitrogens with one attached hydrogen (secondary N) is 1. The zero-order chi connectivity index (χ0) is 13.2. The Labute approximate surface area is 106 Å². The molecule has 0 saturated heterocycles. The average molecular weight is 265 g/mol. The Morgan fingerprint density at radius 3 is 2.78 bits per heavy atom. The van der Waals surface area contributed by atoms with Crippen LogP contribution in [0.5, 0.6) is 0 Å². The Kier molecular flexibility index (Phi) is 3.38. The van der Waals surface area contributed by atoms with Crippen LogP contribution >= 0.6 is 0 Å². The van der Waals surface area contributed by atoms with E-state index in [-0.39, 0.29) is 5.75 Å². The van der Waals surface area contributed by atoms with E-state index in [2.05, 4.69) is 10.3 Å². The molecule has 0 aliphatic carbocycles. The molecule has 0 unspecified atom stereocenters. The zero-order valence-corrected chi connectivity index (χ0v) is 10.9. The Balaban J connectivity index is 2.29. The van der Waals surface area contributed by atoms with Gasteiger partial charge in [0.15, 0.2) is 0 Å². The highest BCUT2D eigenvalue weighted by Crippen LogP contribution is 2.27. The number of benzene rings is 1. The second-order valence-corrected chi connectivity index (χ2v) is 6.42. The molecule has 0 fully saturated rings. The summed E-state index contributed by atoms with van der Waals surface area (Å²) in [6.45, 7) is 0.330. The van der Waals surface area contributed by atoms with Crippen LogP contribution in [0.15, 0.2) is 30.5 Å². The maximum Gasteiger partial charge on any atom is 0.149 e. The fourth-order valence-electron chi connectivity index (χ4n) is 1.72. The van der Waals surface area contributed by atoms with Gasteiger partial charge in [0.05, 0.1) is 28.8 Å². The number of nitrogens with two attached hydrogens (primary N) is 1. The molecule has 1 heterocycles. The second-order valence-electron chi connectivity index (χ2n) is 4.16. The summed E-state index contributed by atoms with van der Waals surface area (Å²) in [6, 6.07) is 7.58. The summed E-state index contributed by atoms with van der Waals surface area (Å²) in [6.07, 6.45) is 2.79. The number of anilines is 2. The van der Waals surface area contributed by atoms with Crippen LogP contribution in [-0.4, -0.2) is 32.0 Å². The quantitative estimate of drug-likeness (QED) is 0.869. The second kappa shape index (κ2) is 4.81. The van der Waals surface area contributed by atoms with E-state index >= 15 is 0 Å². The van der Waals surface area contributed by atoms with E-state index in [0.29, 0.717) is 12.2 Å². The van der Waals surface area contributed by atoms with E-state index in [1.54, 1.807) is 6.20 Å². The minimum absolute atomic E-state index is 0.0725. The summed E-state index contributed by atoms with van der Waals surface area (Å²) in [5, 5.41) is 3.96. The standard InChI is InChI=1S/C12H15N3O2S/c1-18(16,17)7-6-14-12-9-4-2-3-5-11(9)15-8-10(12)13/h2-5,8H,6-7,13H2,1H3,(H,14,15). The number of rotatable bonds is 4. The highest BCUT2D eigenvalue weighted by Gasteiger charge is 2.07. The van der Waals surface area contributed by atoms with Crippen LogP contribution in [0.1, 0.15) is 0 Å². The van der Waals surface area contributed by atoms with Gasteiger partial charge in [-0.15, -0.1) is 0 Å². The molecule has 6 heteroatoms. The van der Waals surface area contributed by atoms with Gasteiger partial charge in [-0.1, -0.05) is 18.2 Å². The maximum absolute atomic E-state index is 11.1. The molecule has 1 aromatic carbocycles. The molecule has 0 saturated carbocycles. The van der Waals surface area contributed by atoms with Gasteiger partial charge in [0.25, 0.3) is 0 Å². The molecule has 0 spiro atoms. The fourth-order valence-corrected chi connectivity index (χ4v) is 2.19. The smallest absolute Gasteiger partial charge is 0.149 e. The third-order valence-electron chi connectivity index (χ3n) is 2.58. The molecule has 1 aromatic heterocycles. The van der Waals surface area contributed by atoms with Crippen LogP contribution in [-0.2, 0) is 9.84 Å². The number of hydrogen-bond donors (Lipinski definition) is 2. The summed E-state index contributed by atoms with van der Waals surface area (Å²) in [5.41, 5.74) is 7.95. The minimum atomic E-state index is -2.98. The van der Waals surface area contributed by atoms with Crippen LogP contribution in [0.2, 0.25) is 0 Å². The first-order chi connectivity index (χ1) is 8.47. The summed E-state index contributed by atoms with van der Waals surface area (Å²) < 4.78 is 22.2. The summed E-state index contributed by atoms with van der Waals surface area (Å²) >= 11 is 0. The van der Waals surface area contributed by atoms with Crippen molar-refractivity contribution < 1.29 is 8.42 Å². The van der Waals surface area contributed by atoms with Gasteiger partial charge in [-0.05, 0) is 6.07 Å². The Morgan fingerprint density at radius 2 is 2.06 bits per heavy atom. The zero-order valence-electron chi connectivity index (χ0n) is 10.1. The molecule has 2 rings (SSSR count). The van der Waals surface area contributed by atoms with E-state index in [4.69, 9.17) is 5.73 Å². The van der Waals surface area contributed by atoms with Crippen molar-refractivity contribution in [3.63, 3.8) is 0 Å². The third-order valence-corrected chi connectivity index (χ3v) is 3.53. The number of pyridine rings is 1. The molecule has 18 heavy (non-hydrogen) atoms. The Hall–Kier alpha value is -1.82. The minimum Gasteiger partial charge on any atom is -0.396 e. The number of aromatic nitrogens is 1. The highest BCUT2D eigenvalue weighted by molar-refractivity contribution is 7.90. The predicted octanol–water partition coefficient (Wildman–Crippen LogP) is 1.27. The first-order valence-corrected chi connectivity index (χ1v) is 7.58. The van der Waals surface area contributed by atoms with Gasteiger partial charge >= 0.3 is 0 Å². The predicted molar refractivity (Wildman–Crippen MR) is 74.4 cm³/mol. The number of para-hydroxylation sites is 1. The normalized spacial score (nSPS) is 11.6. The lowest BCUT2D eigenvalue weighted by molar-refractivity contribution is 0.602. The van der Waals surface area contributed by atoms with Crippen molar-refractivity contribution in [1.82, 2.24) is 4.98 Å². The van der Waals surface area contributed by atoms with Crippen LogP contribution in [0.3, 0.4) is 0 Å². The number of nitrogen functional groups attached to an aromatic ring is 1. The van der Waals surface area contributed by atoms with Crippen molar-refractivity contribution in [3.05, 3.63) is 30.5 Å². The lowest BCUT2D eigenvalue weighted by Crippen LogP contribution is -2.15. The van der Waals surface area contributed by atoms with Gasteiger partial charge in [-0.3, -0.25) is 4.98 Å². The van der Waals surface area contributed by atoms with Crippen LogP contribution in [0.25, 0.3) is 10.9 Å². The highest BCUT2D eigenvalue weighted by atomic mass is 32.2. The van der Waals surface area contributed by atoms with Crippen LogP contribution in [0.4, 0.5) is 11.4 Å². The lowest BCUT2D eigenvalue weighted by atomic mass is 10.1.